The number of pyridine rings is 1. The molecule has 36 heavy (non-hydrogen) atoms. The number of nitrogen functional groups attached to an aromatic ring is 1. The number of nitrogens with zero attached hydrogens (tertiary/aromatic N) is 3. The molecule has 9 heteroatoms. The second-order valence-corrected chi connectivity index (χ2v) is 9.76. The van der Waals surface area contributed by atoms with Gasteiger partial charge in [-0.05, 0) is 36.6 Å². The van der Waals surface area contributed by atoms with Gasteiger partial charge in [0.25, 0.3) is 11.7 Å². The number of nitrogens with two attached hydrogens (primary N) is 1. The molecule has 2 aliphatic rings. The summed E-state index contributed by atoms with van der Waals surface area (Å²) in [5.74, 6) is -2.77. The maximum absolute atomic E-state index is 14.1. The fourth-order valence-corrected chi connectivity index (χ4v) is 5.42. The number of Topliss-reactive ketones (excluding diaryl/α,β-unsaturated/α-hetero) is 1. The van der Waals surface area contributed by atoms with Crippen LogP contribution in [0.25, 0.3) is 11.0 Å². The van der Waals surface area contributed by atoms with E-state index in [2.05, 4.69) is 15.4 Å². The summed E-state index contributed by atoms with van der Waals surface area (Å²) >= 11 is 0. The first-order chi connectivity index (χ1) is 17.1. The maximum atomic E-state index is 14.1. The Morgan fingerprint density at radius 1 is 1.19 bits per heavy atom. The first kappa shape index (κ1) is 22.2. The van der Waals surface area contributed by atoms with Crippen molar-refractivity contribution in [2.45, 2.75) is 38.0 Å². The molecule has 0 radical (unpaired) electrons. The summed E-state index contributed by atoms with van der Waals surface area (Å²) in [4.78, 5) is 32.1. The van der Waals surface area contributed by atoms with Crippen LogP contribution in [0.3, 0.4) is 0 Å². The van der Waals surface area contributed by atoms with Crippen LogP contribution < -0.4 is 15.8 Å². The molecule has 0 saturated heterocycles. The number of ether oxygens (including phenoxy) is 1. The smallest absolute Gasteiger partial charge is 0.271 e. The van der Waals surface area contributed by atoms with Crippen LogP contribution in [0.15, 0.2) is 48.7 Å². The molecule has 0 saturated carbocycles. The normalized spacial score (nSPS) is 21.9. The predicted octanol–water partition coefficient (Wildman–Crippen LogP) is 3.04. The number of carbonyl (C=O) groups excluding carboxylic acids is 2. The molecule has 2 unspecified atom stereocenters. The minimum absolute atomic E-state index is 0.135. The Morgan fingerprint density at radius 3 is 2.72 bits per heavy atom. The zero-order valence-electron chi connectivity index (χ0n) is 20.3. The van der Waals surface area contributed by atoms with E-state index >= 15 is 0 Å². The van der Waals surface area contributed by atoms with Gasteiger partial charge in [-0.1, -0.05) is 38.1 Å². The number of aliphatic hydroxyl groups is 1. The molecule has 3 heterocycles. The maximum Gasteiger partial charge on any atom is 0.271 e. The van der Waals surface area contributed by atoms with Gasteiger partial charge in [0.15, 0.2) is 5.65 Å². The third kappa shape index (κ3) is 2.63. The Morgan fingerprint density at radius 2 is 1.97 bits per heavy atom. The Hall–Kier alpha value is -4.24. The highest BCUT2D eigenvalue weighted by atomic mass is 16.6. The van der Waals surface area contributed by atoms with Gasteiger partial charge in [-0.3, -0.25) is 14.3 Å². The molecular weight excluding hydrogens is 458 g/mol. The van der Waals surface area contributed by atoms with E-state index in [1.807, 2.05) is 26.8 Å². The van der Waals surface area contributed by atoms with Crippen molar-refractivity contribution in [2.75, 3.05) is 5.73 Å². The molecule has 1 amide bonds. The SMILES string of the molecule is Cc1nn(C)c2ncc(C(=O)NC34C(=O)c5c(N)cccc5C3(O)Oc3cc(C(C)C)ccc34)cc12. The van der Waals surface area contributed by atoms with E-state index in [9.17, 15) is 14.7 Å². The fraction of sp³-hybridized carbons (Fsp3) is 0.259. The van der Waals surface area contributed by atoms with Gasteiger partial charge in [0.2, 0.25) is 11.3 Å². The van der Waals surface area contributed by atoms with E-state index in [1.165, 1.54) is 6.20 Å². The number of amides is 1. The van der Waals surface area contributed by atoms with E-state index in [1.54, 1.807) is 48.1 Å². The van der Waals surface area contributed by atoms with Crippen molar-refractivity contribution in [2.24, 2.45) is 7.05 Å². The predicted molar refractivity (Wildman–Crippen MR) is 133 cm³/mol. The minimum Gasteiger partial charge on any atom is -0.454 e. The van der Waals surface area contributed by atoms with Crippen molar-refractivity contribution in [3.63, 3.8) is 0 Å². The second kappa shape index (κ2) is 7.14. The molecule has 2 aromatic carbocycles. The summed E-state index contributed by atoms with van der Waals surface area (Å²) in [6.07, 6.45) is 1.42. The average molecular weight is 484 g/mol. The molecule has 6 rings (SSSR count). The molecule has 2 atom stereocenters. The average Bonchev–Trinajstić information content (AvgIpc) is 3.34. The first-order valence-corrected chi connectivity index (χ1v) is 11.7. The fourth-order valence-electron chi connectivity index (χ4n) is 5.42. The van der Waals surface area contributed by atoms with Crippen LogP contribution >= 0.6 is 0 Å². The van der Waals surface area contributed by atoms with Crippen molar-refractivity contribution >= 4 is 28.4 Å². The Balaban J connectivity index is 1.54. The van der Waals surface area contributed by atoms with Gasteiger partial charge in [0.1, 0.15) is 5.75 Å². The number of aryl methyl sites for hydroxylation is 2. The molecule has 2 aromatic heterocycles. The van der Waals surface area contributed by atoms with Gasteiger partial charge in [0, 0.05) is 35.4 Å². The van der Waals surface area contributed by atoms with Crippen molar-refractivity contribution in [3.05, 3.63) is 82.2 Å². The largest absolute Gasteiger partial charge is 0.454 e. The molecule has 0 bridgehead atoms. The summed E-state index contributed by atoms with van der Waals surface area (Å²) in [6.45, 7) is 5.90. The van der Waals surface area contributed by atoms with Crippen molar-refractivity contribution in [1.82, 2.24) is 20.1 Å². The number of ketones is 1. The third-order valence-electron chi connectivity index (χ3n) is 7.30. The monoisotopic (exact) mass is 483 g/mol. The highest BCUT2D eigenvalue weighted by molar-refractivity contribution is 6.16. The number of aromatic nitrogens is 3. The molecule has 0 fully saturated rings. The number of hydrogen-bond acceptors (Lipinski definition) is 7. The van der Waals surface area contributed by atoms with Crippen molar-refractivity contribution < 1.29 is 19.4 Å². The van der Waals surface area contributed by atoms with Gasteiger partial charge < -0.3 is 20.9 Å². The summed E-state index contributed by atoms with van der Waals surface area (Å²) in [6, 6.07) is 11.9. The van der Waals surface area contributed by atoms with Gasteiger partial charge in [0.05, 0.1) is 16.8 Å². The zero-order chi connectivity index (χ0) is 25.6. The van der Waals surface area contributed by atoms with Crippen LogP contribution in [0.4, 0.5) is 5.69 Å². The summed E-state index contributed by atoms with van der Waals surface area (Å²) in [5, 5.41) is 20.0. The molecule has 1 aliphatic heterocycles. The Kier molecular flexibility index (Phi) is 4.41. The van der Waals surface area contributed by atoms with Gasteiger partial charge in [-0.25, -0.2) is 4.98 Å². The standard InChI is InChI=1S/C27H25N5O4/c1-13(2)15-8-9-18-21(11-15)36-27(35)19-6-5-7-20(28)22(19)23(33)26(18,27)30-25(34)16-10-17-14(3)31-32(4)24(17)29-12-16/h5-13,35H,28H2,1-4H3,(H,30,34). The Labute approximate surface area is 206 Å². The molecule has 4 N–H and O–H groups in total. The number of rotatable bonds is 3. The lowest BCUT2D eigenvalue weighted by Crippen LogP contribution is -2.60. The Bertz CT molecular complexity index is 1620. The van der Waals surface area contributed by atoms with E-state index in [-0.39, 0.29) is 28.3 Å². The second-order valence-electron chi connectivity index (χ2n) is 9.76. The van der Waals surface area contributed by atoms with Crippen LogP contribution in [0.5, 0.6) is 5.75 Å². The molecule has 182 valence electrons. The lowest BCUT2D eigenvalue weighted by molar-refractivity contribution is -0.169. The molecule has 1 aliphatic carbocycles. The van der Waals surface area contributed by atoms with Crippen molar-refractivity contribution in [1.29, 1.82) is 0 Å². The van der Waals surface area contributed by atoms with Gasteiger partial charge in [-0.15, -0.1) is 0 Å². The quantitative estimate of drug-likeness (QED) is 0.382. The van der Waals surface area contributed by atoms with E-state index in [4.69, 9.17) is 10.5 Å². The zero-order valence-corrected chi connectivity index (χ0v) is 20.3. The van der Waals surface area contributed by atoms with E-state index in [0.29, 0.717) is 22.3 Å². The summed E-state index contributed by atoms with van der Waals surface area (Å²) in [7, 11) is 1.78. The van der Waals surface area contributed by atoms with Gasteiger partial charge >= 0.3 is 0 Å². The highest BCUT2D eigenvalue weighted by Crippen LogP contribution is 2.59. The van der Waals surface area contributed by atoms with Crippen LogP contribution in [0.1, 0.15) is 62.9 Å². The van der Waals surface area contributed by atoms with E-state index < -0.39 is 23.0 Å². The highest BCUT2D eigenvalue weighted by Gasteiger charge is 2.72. The molecule has 9 nitrogen and oxygen atoms in total. The lowest BCUT2D eigenvalue weighted by Gasteiger charge is -2.34. The lowest BCUT2D eigenvalue weighted by atomic mass is 9.82. The number of hydrogen-bond donors (Lipinski definition) is 3. The number of fused-ring (bicyclic) bond motifs is 6. The number of benzene rings is 2. The van der Waals surface area contributed by atoms with Crippen molar-refractivity contribution in [3.8, 4) is 5.75 Å². The van der Waals surface area contributed by atoms with Crippen LogP contribution in [0.2, 0.25) is 0 Å². The number of anilines is 1. The number of nitrogens with one attached hydrogen (secondary N) is 1. The third-order valence-corrected chi connectivity index (χ3v) is 7.30. The van der Waals surface area contributed by atoms with Gasteiger partial charge in [-0.2, -0.15) is 5.10 Å². The van der Waals surface area contributed by atoms with E-state index in [0.717, 1.165) is 11.3 Å². The summed E-state index contributed by atoms with van der Waals surface area (Å²) < 4.78 is 7.77. The van der Waals surface area contributed by atoms with Crippen LogP contribution in [0, 0.1) is 6.92 Å². The van der Waals surface area contributed by atoms with Crippen LogP contribution in [-0.4, -0.2) is 31.6 Å². The molecule has 4 aromatic rings. The summed E-state index contributed by atoms with van der Waals surface area (Å²) in [5.41, 5.74) is 7.71. The molecule has 0 spiro atoms. The molecular formula is C27H25N5O4. The minimum atomic E-state index is -2.18. The first-order valence-electron chi connectivity index (χ1n) is 11.7. The topological polar surface area (TPSA) is 132 Å². The van der Waals surface area contributed by atoms with Crippen LogP contribution in [-0.2, 0) is 18.4 Å². The number of carbonyl (C=O) groups is 2.